The molecule has 2 aromatic rings. The molecule has 0 radical (unpaired) electrons. The Morgan fingerprint density at radius 1 is 0.971 bits per heavy atom. The number of pyridine rings is 1. The third-order valence-electron chi connectivity index (χ3n) is 6.73. The second-order valence-electron chi connectivity index (χ2n) is 9.00. The van der Waals surface area contributed by atoms with Crippen LogP contribution in [0.5, 0.6) is 0 Å². The van der Waals surface area contributed by atoms with Crippen LogP contribution in [-0.2, 0) is 9.63 Å². The molecule has 2 fully saturated rings. The number of aromatic nitrogens is 1. The van der Waals surface area contributed by atoms with Crippen molar-refractivity contribution in [3.8, 4) is 0 Å². The number of benzene rings is 1. The molecule has 0 atom stereocenters. The van der Waals surface area contributed by atoms with Gasteiger partial charge in [0.25, 0.3) is 5.91 Å². The zero-order chi connectivity index (χ0) is 24.4. The second-order valence-corrected chi connectivity index (χ2v) is 9.85. The van der Waals surface area contributed by atoms with Crippen LogP contribution in [0.25, 0.3) is 0 Å². The second kappa shape index (κ2) is 9.91. The van der Waals surface area contributed by atoms with Gasteiger partial charge in [0.15, 0.2) is 0 Å². The van der Waals surface area contributed by atoms with E-state index in [0.717, 1.165) is 5.82 Å². The molecule has 3 amide bonds. The molecule has 3 aliphatic heterocycles. The monoisotopic (exact) mass is 516 g/mol. The summed E-state index contributed by atoms with van der Waals surface area (Å²) in [6, 6.07) is 10.5. The van der Waals surface area contributed by atoms with E-state index in [9.17, 15) is 9.59 Å². The lowest BCUT2D eigenvalue weighted by atomic mass is 9.86. The molecular weight excluding hydrogens is 491 g/mol. The van der Waals surface area contributed by atoms with Crippen molar-refractivity contribution >= 4 is 52.4 Å². The lowest BCUT2D eigenvalue weighted by Gasteiger charge is -2.37. The first-order chi connectivity index (χ1) is 16.9. The summed E-state index contributed by atoms with van der Waals surface area (Å²) in [4.78, 5) is 41.5. The van der Waals surface area contributed by atoms with Gasteiger partial charge in [-0.3, -0.25) is 4.79 Å². The van der Waals surface area contributed by atoms with E-state index in [0.29, 0.717) is 80.0 Å². The largest absolute Gasteiger partial charge is 0.388 e. The number of hydrogen-bond acceptors (Lipinski definition) is 6. The number of nitrogens with one attached hydrogen (secondary N) is 1. The molecular formula is C24H26Cl2N6O3. The van der Waals surface area contributed by atoms with Crippen molar-refractivity contribution in [3.05, 3.63) is 52.6 Å². The number of urea groups is 1. The molecule has 3 aliphatic rings. The third-order valence-corrected chi connectivity index (χ3v) is 7.26. The molecule has 1 aromatic carbocycles. The smallest absolute Gasteiger partial charge is 0.321 e. The number of carbonyl (C=O) groups excluding carboxylic acids is 2. The van der Waals surface area contributed by atoms with Crippen molar-refractivity contribution in [3.63, 3.8) is 0 Å². The summed E-state index contributed by atoms with van der Waals surface area (Å²) >= 11 is 12.3. The molecule has 0 bridgehead atoms. The van der Waals surface area contributed by atoms with Crippen molar-refractivity contribution in [1.29, 1.82) is 0 Å². The zero-order valence-electron chi connectivity index (χ0n) is 19.1. The van der Waals surface area contributed by atoms with Crippen LogP contribution in [0, 0.1) is 0 Å². The van der Waals surface area contributed by atoms with E-state index >= 15 is 0 Å². The fourth-order valence-electron chi connectivity index (χ4n) is 4.70. The van der Waals surface area contributed by atoms with Crippen LogP contribution in [0.1, 0.15) is 19.3 Å². The first kappa shape index (κ1) is 23.7. The molecule has 1 aromatic heterocycles. The van der Waals surface area contributed by atoms with Gasteiger partial charge in [0.2, 0.25) is 0 Å². The number of likely N-dealkylation sites (tertiary alicyclic amines) is 1. The van der Waals surface area contributed by atoms with Gasteiger partial charge in [0, 0.05) is 75.4 Å². The summed E-state index contributed by atoms with van der Waals surface area (Å²) in [5.41, 5.74) is 0.578. The standard InChI is InChI=1S/C24H26Cl2N6O3/c25-17-3-1-4-18(15-17)28-23(34)32-9-6-24(7-10-32)16-20(29-35-24)22(33)31-13-11-30(12-14-31)21-19(26)5-2-8-27-21/h1-5,8,15H,6-7,9-14,16H2,(H,28,34). The molecule has 4 heterocycles. The summed E-state index contributed by atoms with van der Waals surface area (Å²) < 4.78 is 0. The topological polar surface area (TPSA) is 90.4 Å². The average molecular weight is 517 g/mol. The molecule has 0 unspecified atom stereocenters. The molecule has 11 heteroatoms. The summed E-state index contributed by atoms with van der Waals surface area (Å²) in [6.07, 6.45) is 3.40. The molecule has 184 valence electrons. The molecule has 9 nitrogen and oxygen atoms in total. The van der Waals surface area contributed by atoms with Crippen LogP contribution >= 0.6 is 23.2 Å². The van der Waals surface area contributed by atoms with Gasteiger partial charge in [-0.2, -0.15) is 0 Å². The summed E-state index contributed by atoms with van der Waals surface area (Å²) in [7, 11) is 0. The van der Waals surface area contributed by atoms with Crippen LogP contribution in [0.3, 0.4) is 0 Å². The highest BCUT2D eigenvalue weighted by Crippen LogP contribution is 2.35. The van der Waals surface area contributed by atoms with Crippen molar-refractivity contribution in [2.24, 2.45) is 5.16 Å². The van der Waals surface area contributed by atoms with E-state index in [2.05, 4.69) is 20.4 Å². The van der Waals surface area contributed by atoms with Gasteiger partial charge in [0.05, 0.1) is 5.02 Å². The van der Waals surface area contributed by atoms with Crippen molar-refractivity contribution in [2.45, 2.75) is 24.9 Å². The van der Waals surface area contributed by atoms with Crippen LogP contribution in [0.4, 0.5) is 16.3 Å². The van der Waals surface area contributed by atoms with E-state index in [1.54, 1.807) is 41.4 Å². The number of hydrogen-bond donors (Lipinski definition) is 1. The Kier molecular flexibility index (Phi) is 6.71. The number of piperazine rings is 1. The lowest BCUT2D eigenvalue weighted by molar-refractivity contribution is -0.124. The van der Waals surface area contributed by atoms with E-state index < -0.39 is 5.60 Å². The SMILES string of the molecule is O=C(Nc1cccc(Cl)c1)N1CCC2(CC1)CC(C(=O)N1CCN(c3ncccc3Cl)CC1)=NO2. The van der Waals surface area contributed by atoms with Crippen molar-refractivity contribution < 1.29 is 14.4 Å². The molecule has 2 saturated heterocycles. The quantitative estimate of drug-likeness (QED) is 0.668. The minimum Gasteiger partial charge on any atom is -0.388 e. The Balaban J connectivity index is 1.11. The fraction of sp³-hybridized carbons (Fsp3) is 0.417. The lowest BCUT2D eigenvalue weighted by Crippen LogP contribution is -2.52. The summed E-state index contributed by atoms with van der Waals surface area (Å²) in [5, 5.41) is 8.22. The van der Waals surface area contributed by atoms with Gasteiger partial charge in [-0.1, -0.05) is 34.4 Å². The van der Waals surface area contributed by atoms with E-state index in [4.69, 9.17) is 28.0 Å². The van der Waals surface area contributed by atoms with Gasteiger partial charge in [-0.15, -0.1) is 0 Å². The number of carbonyl (C=O) groups is 2. The molecule has 1 N–H and O–H groups in total. The third kappa shape index (κ3) is 5.16. The molecule has 0 saturated carbocycles. The number of anilines is 2. The molecule has 1 spiro atoms. The predicted octanol–water partition coefficient (Wildman–Crippen LogP) is 3.88. The Bertz CT molecular complexity index is 1140. The van der Waals surface area contributed by atoms with Crippen LogP contribution in [-0.4, -0.2) is 77.3 Å². The fourth-order valence-corrected chi connectivity index (χ4v) is 5.14. The zero-order valence-corrected chi connectivity index (χ0v) is 20.6. The number of amides is 3. The highest BCUT2D eigenvalue weighted by molar-refractivity contribution is 6.39. The number of rotatable bonds is 3. The Labute approximate surface area is 213 Å². The summed E-state index contributed by atoms with van der Waals surface area (Å²) in [5.74, 6) is 0.655. The molecule has 35 heavy (non-hydrogen) atoms. The maximum absolute atomic E-state index is 13.1. The Morgan fingerprint density at radius 2 is 1.74 bits per heavy atom. The van der Waals surface area contributed by atoms with Crippen LogP contribution < -0.4 is 10.2 Å². The number of halogens is 2. The minimum atomic E-state index is -0.527. The Hall–Kier alpha value is -3.04. The molecule has 5 rings (SSSR count). The predicted molar refractivity (Wildman–Crippen MR) is 135 cm³/mol. The maximum atomic E-state index is 13.1. The number of oxime groups is 1. The van der Waals surface area contributed by atoms with Gasteiger partial charge in [0.1, 0.15) is 17.1 Å². The van der Waals surface area contributed by atoms with Gasteiger partial charge in [-0.05, 0) is 30.3 Å². The minimum absolute atomic E-state index is 0.0882. The van der Waals surface area contributed by atoms with E-state index in [1.807, 2.05) is 11.0 Å². The number of piperidine rings is 1. The summed E-state index contributed by atoms with van der Waals surface area (Å²) in [6.45, 7) is 3.47. The van der Waals surface area contributed by atoms with Crippen LogP contribution in [0.2, 0.25) is 10.0 Å². The van der Waals surface area contributed by atoms with Gasteiger partial charge >= 0.3 is 6.03 Å². The normalized spacial score (nSPS) is 19.4. The van der Waals surface area contributed by atoms with Crippen molar-refractivity contribution in [2.75, 3.05) is 49.5 Å². The van der Waals surface area contributed by atoms with Crippen LogP contribution in [0.15, 0.2) is 47.8 Å². The van der Waals surface area contributed by atoms with E-state index in [-0.39, 0.29) is 11.9 Å². The average Bonchev–Trinajstić information content (AvgIpc) is 3.28. The number of nitrogens with zero attached hydrogens (tertiary/aromatic N) is 5. The van der Waals surface area contributed by atoms with Crippen molar-refractivity contribution in [1.82, 2.24) is 14.8 Å². The first-order valence-corrected chi connectivity index (χ1v) is 12.4. The Morgan fingerprint density at radius 3 is 2.46 bits per heavy atom. The van der Waals surface area contributed by atoms with Gasteiger partial charge < -0.3 is 24.9 Å². The highest BCUT2D eigenvalue weighted by Gasteiger charge is 2.45. The first-order valence-electron chi connectivity index (χ1n) is 11.6. The molecule has 0 aliphatic carbocycles. The van der Waals surface area contributed by atoms with Gasteiger partial charge in [-0.25, -0.2) is 9.78 Å². The maximum Gasteiger partial charge on any atom is 0.321 e. The van der Waals surface area contributed by atoms with E-state index in [1.165, 1.54) is 0 Å². The highest BCUT2D eigenvalue weighted by atomic mass is 35.5.